The van der Waals surface area contributed by atoms with Crippen LogP contribution in [0.1, 0.15) is 20.3 Å². The van der Waals surface area contributed by atoms with Crippen LogP contribution in [-0.4, -0.2) is 35.8 Å². The maximum absolute atomic E-state index is 5.72. The minimum atomic E-state index is -2.66. The lowest BCUT2D eigenvalue weighted by Crippen LogP contribution is -2.60. The summed E-state index contributed by atoms with van der Waals surface area (Å²) in [6.45, 7) is 3.89. The molecular weight excluding hydrogens is 212 g/mol. The highest BCUT2D eigenvalue weighted by atomic mass is 28.4. The van der Waals surface area contributed by atoms with Crippen LogP contribution in [0.2, 0.25) is 0 Å². The van der Waals surface area contributed by atoms with Crippen LogP contribution in [0.25, 0.3) is 0 Å². The molecule has 0 bridgehead atoms. The number of rotatable bonds is 7. The van der Waals surface area contributed by atoms with E-state index in [9.17, 15) is 0 Å². The summed E-state index contributed by atoms with van der Waals surface area (Å²) >= 11 is 0. The Bertz CT molecular complexity index is 199. The van der Waals surface area contributed by atoms with Crippen molar-refractivity contribution in [3.8, 4) is 0 Å². The third-order valence-electron chi connectivity index (χ3n) is 2.34. The summed E-state index contributed by atoms with van der Waals surface area (Å²) in [5.74, 6) is 0.602. The molecule has 0 saturated heterocycles. The van der Waals surface area contributed by atoms with E-state index < -0.39 is 8.80 Å². The van der Waals surface area contributed by atoms with Crippen LogP contribution < -0.4 is 11.1 Å². The van der Waals surface area contributed by atoms with E-state index in [1.807, 2.05) is 13.8 Å². The van der Waals surface area contributed by atoms with Crippen molar-refractivity contribution < 1.29 is 13.3 Å². The molecule has 0 heterocycles. The van der Waals surface area contributed by atoms with Crippen molar-refractivity contribution in [1.82, 2.24) is 5.32 Å². The van der Waals surface area contributed by atoms with Crippen molar-refractivity contribution in [3.05, 3.63) is 11.9 Å². The number of allylic oxidation sites excluding steroid dienone is 1. The van der Waals surface area contributed by atoms with Crippen LogP contribution in [0.15, 0.2) is 11.9 Å². The SMILES string of the molecule is CC=C(N)NC(CC)[Si](OC)(OC)OC. The van der Waals surface area contributed by atoms with E-state index in [1.54, 1.807) is 27.4 Å². The molecule has 0 fully saturated rings. The molecule has 1 unspecified atom stereocenters. The van der Waals surface area contributed by atoms with E-state index in [0.29, 0.717) is 5.82 Å². The van der Waals surface area contributed by atoms with Crippen molar-refractivity contribution in [2.24, 2.45) is 5.73 Å². The molecule has 0 saturated carbocycles. The molecular formula is C9H22N2O3Si. The van der Waals surface area contributed by atoms with Crippen molar-refractivity contribution >= 4 is 8.80 Å². The highest BCUT2D eigenvalue weighted by Gasteiger charge is 2.46. The standard InChI is InChI=1S/C9H22N2O3Si/c1-6-8(10)11-9(7-2)15(12-3,13-4)14-5/h6,9,11H,7,10H2,1-5H3. The molecule has 0 aromatic rings. The predicted octanol–water partition coefficient (Wildman–Crippen LogP) is 0.592. The Morgan fingerprint density at radius 1 is 1.33 bits per heavy atom. The van der Waals surface area contributed by atoms with Crippen LogP contribution in [0.4, 0.5) is 0 Å². The largest absolute Gasteiger partial charge is 0.523 e. The normalized spacial score (nSPS) is 15.1. The Kier molecular flexibility index (Phi) is 6.58. The second-order valence-corrected chi connectivity index (χ2v) is 6.19. The minimum Gasteiger partial charge on any atom is -0.386 e. The van der Waals surface area contributed by atoms with Crippen LogP contribution in [0, 0.1) is 0 Å². The summed E-state index contributed by atoms with van der Waals surface area (Å²) in [5.41, 5.74) is 5.68. The molecule has 15 heavy (non-hydrogen) atoms. The van der Waals surface area contributed by atoms with Gasteiger partial charge in [-0.05, 0) is 19.4 Å². The minimum absolute atomic E-state index is 0.0336. The predicted molar refractivity (Wildman–Crippen MR) is 61.9 cm³/mol. The Labute approximate surface area is 93.0 Å². The van der Waals surface area contributed by atoms with E-state index in [2.05, 4.69) is 5.32 Å². The van der Waals surface area contributed by atoms with Gasteiger partial charge in [-0.3, -0.25) is 0 Å². The first-order valence-electron chi connectivity index (χ1n) is 4.93. The summed E-state index contributed by atoms with van der Waals surface area (Å²) in [6, 6.07) is 0. The van der Waals surface area contributed by atoms with Gasteiger partial charge in [-0.2, -0.15) is 0 Å². The topological polar surface area (TPSA) is 65.7 Å². The molecule has 0 aromatic carbocycles. The number of nitrogens with one attached hydrogen (secondary N) is 1. The molecule has 1 atom stereocenters. The molecule has 6 heteroatoms. The van der Waals surface area contributed by atoms with Crippen LogP contribution >= 0.6 is 0 Å². The van der Waals surface area contributed by atoms with E-state index in [1.165, 1.54) is 0 Å². The average molecular weight is 234 g/mol. The Morgan fingerprint density at radius 3 is 2.07 bits per heavy atom. The third kappa shape index (κ3) is 3.49. The first-order chi connectivity index (χ1) is 7.10. The quantitative estimate of drug-likeness (QED) is 0.631. The zero-order valence-corrected chi connectivity index (χ0v) is 11.2. The first-order valence-corrected chi connectivity index (χ1v) is 6.74. The van der Waals surface area contributed by atoms with E-state index >= 15 is 0 Å². The summed E-state index contributed by atoms with van der Waals surface area (Å²) in [7, 11) is 2.12. The van der Waals surface area contributed by atoms with Crippen LogP contribution in [0.5, 0.6) is 0 Å². The molecule has 0 amide bonds. The maximum atomic E-state index is 5.72. The first kappa shape index (κ1) is 14.4. The van der Waals surface area contributed by atoms with Crippen molar-refractivity contribution in [1.29, 1.82) is 0 Å². The summed E-state index contributed by atoms with van der Waals surface area (Å²) in [5, 5.41) is 3.14. The number of hydrogen-bond donors (Lipinski definition) is 2. The monoisotopic (exact) mass is 234 g/mol. The van der Waals surface area contributed by atoms with E-state index in [0.717, 1.165) is 6.42 Å². The zero-order valence-electron chi connectivity index (χ0n) is 10.2. The molecule has 5 nitrogen and oxygen atoms in total. The highest BCUT2D eigenvalue weighted by Crippen LogP contribution is 2.15. The second-order valence-electron chi connectivity index (χ2n) is 3.07. The lowest BCUT2D eigenvalue weighted by molar-refractivity contribution is 0.108. The van der Waals surface area contributed by atoms with Crippen LogP contribution in [0.3, 0.4) is 0 Å². The van der Waals surface area contributed by atoms with Gasteiger partial charge in [0.15, 0.2) is 0 Å². The van der Waals surface area contributed by atoms with Gasteiger partial charge in [-0.25, -0.2) is 0 Å². The van der Waals surface area contributed by atoms with Gasteiger partial charge in [0.05, 0.1) is 11.5 Å². The van der Waals surface area contributed by atoms with Gasteiger partial charge in [0.1, 0.15) is 0 Å². The van der Waals surface area contributed by atoms with Crippen molar-refractivity contribution in [3.63, 3.8) is 0 Å². The molecule has 0 aliphatic heterocycles. The Balaban J connectivity index is 4.74. The van der Waals surface area contributed by atoms with Gasteiger partial charge in [-0.1, -0.05) is 6.92 Å². The fraction of sp³-hybridized carbons (Fsp3) is 0.778. The Morgan fingerprint density at radius 2 is 1.80 bits per heavy atom. The van der Waals surface area contributed by atoms with E-state index in [4.69, 9.17) is 19.0 Å². The molecule has 0 aliphatic rings. The summed E-state index contributed by atoms with van der Waals surface area (Å²) in [6.07, 6.45) is 2.61. The molecule has 0 radical (unpaired) electrons. The van der Waals surface area contributed by atoms with Gasteiger partial charge in [-0.15, -0.1) is 0 Å². The van der Waals surface area contributed by atoms with Gasteiger partial charge in [0, 0.05) is 21.3 Å². The molecule has 0 spiro atoms. The lowest BCUT2D eigenvalue weighted by atomic mass is 10.4. The van der Waals surface area contributed by atoms with Gasteiger partial charge in [0.2, 0.25) is 0 Å². The molecule has 0 aliphatic carbocycles. The van der Waals surface area contributed by atoms with Gasteiger partial charge >= 0.3 is 8.80 Å². The highest BCUT2D eigenvalue weighted by molar-refractivity contribution is 6.62. The molecule has 90 valence electrons. The average Bonchev–Trinajstić information content (AvgIpc) is 2.29. The number of hydrogen-bond acceptors (Lipinski definition) is 5. The Hall–Kier alpha value is -0.563. The fourth-order valence-corrected chi connectivity index (χ4v) is 3.60. The smallest absolute Gasteiger partial charge is 0.386 e. The summed E-state index contributed by atoms with van der Waals surface area (Å²) < 4.78 is 16.2. The van der Waals surface area contributed by atoms with Crippen molar-refractivity contribution in [2.45, 2.75) is 25.9 Å². The number of nitrogens with two attached hydrogens (primary N) is 1. The van der Waals surface area contributed by atoms with Gasteiger partial charge < -0.3 is 24.3 Å². The third-order valence-corrected chi connectivity index (χ3v) is 5.45. The zero-order chi connectivity index (χ0) is 11.9. The van der Waals surface area contributed by atoms with Crippen molar-refractivity contribution in [2.75, 3.05) is 21.3 Å². The van der Waals surface area contributed by atoms with Gasteiger partial charge in [0.25, 0.3) is 0 Å². The molecule has 0 aromatic heterocycles. The summed E-state index contributed by atoms with van der Waals surface area (Å²) in [4.78, 5) is 0. The van der Waals surface area contributed by atoms with E-state index in [-0.39, 0.29) is 5.67 Å². The van der Waals surface area contributed by atoms with Crippen LogP contribution in [-0.2, 0) is 13.3 Å². The second kappa shape index (κ2) is 6.84. The fourth-order valence-electron chi connectivity index (χ4n) is 1.40. The molecule has 3 N–H and O–H groups in total. The molecule has 0 rings (SSSR count). The maximum Gasteiger partial charge on any atom is 0.523 e. The lowest BCUT2D eigenvalue weighted by Gasteiger charge is -2.32.